The molecule has 4 nitrogen and oxygen atoms in total. The maximum Gasteiger partial charge on any atom is 0.150 e. The first-order valence-corrected chi connectivity index (χ1v) is 5.64. The summed E-state index contributed by atoms with van der Waals surface area (Å²) in [5.41, 5.74) is 1.53. The molecule has 17 heavy (non-hydrogen) atoms. The molecule has 90 valence electrons. The molecule has 0 fully saturated rings. The Balaban J connectivity index is 1.94. The van der Waals surface area contributed by atoms with Gasteiger partial charge in [-0.05, 0) is 19.1 Å². The lowest BCUT2D eigenvalue weighted by atomic mass is 10.2. The van der Waals surface area contributed by atoms with Crippen molar-refractivity contribution in [1.82, 2.24) is 10.5 Å². The van der Waals surface area contributed by atoms with Crippen LogP contribution in [0.4, 0.5) is 0 Å². The van der Waals surface area contributed by atoms with Gasteiger partial charge in [-0.1, -0.05) is 22.8 Å². The van der Waals surface area contributed by atoms with E-state index in [0.717, 1.165) is 11.5 Å². The topological polar surface area (TPSA) is 58.3 Å². The zero-order valence-corrected chi connectivity index (χ0v) is 10.2. The SMILES string of the molecule is Cc1cc(CNCc2c(O)cccc2Cl)on1. The van der Waals surface area contributed by atoms with Crippen molar-refractivity contribution in [2.75, 3.05) is 0 Å². The third-order valence-electron chi connectivity index (χ3n) is 2.37. The number of nitrogens with one attached hydrogen (secondary N) is 1. The van der Waals surface area contributed by atoms with E-state index in [9.17, 15) is 5.11 Å². The zero-order chi connectivity index (χ0) is 12.3. The number of aryl methyl sites for hydroxylation is 1. The molecular weight excluding hydrogens is 240 g/mol. The van der Waals surface area contributed by atoms with Crippen molar-refractivity contribution in [3.8, 4) is 5.75 Å². The third-order valence-corrected chi connectivity index (χ3v) is 2.73. The van der Waals surface area contributed by atoms with Gasteiger partial charge in [0.25, 0.3) is 0 Å². The molecular formula is C12H13ClN2O2. The summed E-state index contributed by atoms with van der Waals surface area (Å²) in [6.07, 6.45) is 0. The normalized spacial score (nSPS) is 10.7. The van der Waals surface area contributed by atoms with Crippen LogP contribution >= 0.6 is 11.6 Å². The Morgan fingerprint density at radius 3 is 2.88 bits per heavy atom. The Hall–Kier alpha value is -1.52. The van der Waals surface area contributed by atoms with Gasteiger partial charge in [-0.2, -0.15) is 0 Å². The molecule has 0 bridgehead atoms. The molecule has 0 atom stereocenters. The summed E-state index contributed by atoms with van der Waals surface area (Å²) >= 11 is 5.98. The Kier molecular flexibility index (Phi) is 3.66. The highest BCUT2D eigenvalue weighted by molar-refractivity contribution is 6.31. The maximum atomic E-state index is 9.63. The predicted octanol–water partition coefficient (Wildman–Crippen LogP) is 2.63. The van der Waals surface area contributed by atoms with Crippen LogP contribution in [0.5, 0.6) is 5.75 Å². The number of hydrogen-bond acceptors (Lipinski definition) is 4. The lowest BCUT2D eigenvalue weighted by Crippen LogP contribution is -2.12. The van der Waals surface area contributed by atoms with E-state index in [4.69, 9.17) is 16.1 Å². The van der Waals surface area contributed by atoms with Crippen LogP contribution in [0.25, 0.3) is 0 Å². The number of aromatic hydroxyl groups is 1. The van der Waals surface area contributed by atoms with Crippen molar-refractivity contribution in [2.45, 2.75) is 20.0 Å². The first-order chi connectivity index (χ1) is 8.16. The largest absolute Gasteiger partial charge is 0.508 e. The molecule has 2 aromatic rings. The zero-order valence-electron chi connectivity index (χ0n) is 9.40. The molecule has 2 N–H and O–H groups in total. The highest BCUT2D eigenvalue weighted by Gasteiger charge is 2.06. The second-order valence-corrected chi connectivity index (χ2v) is 4.18. The monoisotopic (exact) mass is 252 g/mol. The fourth-order valence-corrected chi connectivity index (χ4v) is 1.77. The molecule has 0 aliphatic heterocycles. The molecule has 0 spiro atoms. The van der Waals surface area contributed by atoms with Crippen LogP contribution in [0.2, 0.25) is 5.02 Å². The number of benzene rings is 1. The van der Waals surface area contributed by atoms with Crippen LogP contribution in [0.15, 0.2) is 28.8 Å². The van der Waals surface area contributed by atoms with Gasteiger partial charge < -0.3 is 14.9 Å². The minimum Gasteiger partial charge on any atom is -0.508 e. The van der Waals surface area contributed by atoms with Gasteiger partial charge in [-0.3, -0.25) is 0 Å². The standard InChI is InChI=1S/C12H13ClN2O2/c1-8-5-9(17-15-8)6-14-7-10-11(13)3-2-4-12(10)16/h2-5,14,16H,6-7H2,1H3. The van der Waals surface area contributed by atoms with Gasteiger partial charge >= 0.3 is 0 Å². The quantitative estimate of drug-likeness (QED) is 0.878. The van der Waals surface area contributed by atoms with Gasteiger partial charge in [-0.15, -0.1) is 0 Å². The van der Waals surface area contributed by atoms with Crippen molar-refractivity contribution in [3.63, 3.8) is 0 Å². The summed E-state index contributed by atoms with van der Waals surface area (Å²) in [6, 6.07) is 6.93. The number of aromatic nitrogens is 1. The van der Waals surface area contributed by atoms with Crippen LogP contribution in [-0.2, 0) is 13.1 Å². The molecule has 0 aliphatic rings. The van der Waals surface area contributed by atoms with Gasteiger partial charge in [0.15, 0.2) is 5.76 Å². The van der Waals surface area contributed by atoms with Crippen LogP contribution in [0.3, 0.4) is 0 Å². The van der Waals surface area contributed by atoms with Gasteiger partial charge in [0.2, 0.25) is 0 Å². The lowest BCUT2D eigenvalue weighted by Gasteiger charge is -2.07. The fourth-order valence-electron chi connectivity index (χ4n) is 1.53. The number of halogens is 1. The van der Waals surface area contributed by atoms with Crippen LogP contribution < -0.4 is 5.32 Å². The van der Waals surface area contributed by atoms with Crippen molar-refractivity contribution < 1.29 is 9.63 Å². The molecule has 1 aromatic heterocycles. The van der Waals surface area contributed by atoms with E-state index in [1.165, 1.54) is 0 Å². The Bertz CT molecular complexity index is 491. The molecule has 2 rings (SSSR count). The van der Waals surface area contributed by atoms with E-state index >= 15 is 0 Å². The van der Waals surface area contributed by atoms with Crippen molar-refractivity contribution in [2.24, 2.45) is 0 Å². The summed E-state index contributed by atoms with van der Waals surface area (Å²) < 4.78 is 5.05. The average Bonchev–Trinajstić information content (AvgIpc) is 2.69. The first-order valence-electron chi connectivity index (χ1n) is 5.26. The third kappa shape index (κ3) is 2.99. The van der Waals surface area contributed by atoms with Crippen LogP contribution in [0, 0.1) is 6.92 Å². The molecule has 0 saturated carbocycles. The second-order valence-electron chi connectivity index (χ2n) is 3.78. The second kappa shape index (κ2) is 5.21. The minimum absolute atomic E-state index is 0.193. The van der Waals surface area contributed by atoms with Gasteiger partial charge in [0.05, 0.1) is 12.2 Å². The molecule has 0 unspecified atom stereocenters. The first kappa shape index (κ1) is 12.0. The maximum absolute atomic E-state index is 9.63. The van der Waals surface area contributed by atoms with E-state index in [2.05, 4.69) is 10.5 Å². The average molecular weight is 253 g/mol. The molecule has 0 aliphatic carbocycles. The summed E-state index contributed by atoms with van der Waals surface area (Å²) in [7, 11) is 0. The molecule has 0 amide bonds. The molecule has 0 radical (unpaired) electrons. The van der Waals surface area contributed by atoms with E-state index in [-0.39, 0.29) is 5.75 Å². The smallest absolute Gasteiger partial charge is 0.150 e. The number of phenolic OH excluding ortho intramolecular Hbond substituents is 1. The van der Waals surface area contributed by atoms with Crippen molar-refractivity contribution in [1.29, 1.82) is 0 Å². The lowest BCUT2D eigenvalue weighted by molar-refractivity contribution is 0.368. The summed E-state index contributed by atoms with van der Waals surface area (Å²) in [6.45, 7) is 2.89. The summed E-state index contributed by atoms with van der Waals surface area (Å²) in [5.74, 6) is 0.952. The van der Waals surface area contributed by atoms with Gasteiger partial charge in [-0.25, -0.2) is 0 Å². The minimum atomic E-state index is 0.193. The van der Waals surface area contributed by atoms with Crippen LogP contribution in [-0.4, -0.2) is 10.3 Å². The molecule has 5 heteroatoms. The Morgan fingerprint density at radius 2 is 2.24 bits per heavy atom. The van der Waals surface area contributed by atoms with Crippen molar-refractivity contribution >= 4 is 11.6 Å². The number of phenols is 1. The fraction of sp³-hybridized carbons (Fsp3) is 0.250. The number of nitrogens with zero attached hydrogens (tertiary/aromatic N) is 1. The molecule has 0 saturated heterocycles. The molecule has 1 aromatic carbocycles. The highest BCUT2D eigenvalue weighted by atomic mass is 35.5. The van der Waals surface area contributed by atoms with Crippen LogP contribution in [0.1, 0.15) is 17.0 Å². The van der Waals surface area contributed by atoms with Crippen molar-refractivity contribution in [3.05, 3.63) is 46.3 Å². The number of rotatable bonds is 4. The molecule has 1 heterocycles. The summed E-state index contributed by atoms with van der Waals surface area (Å²) in [5, 5.41) is 17.1. The van der Waals surface area contributed by atoms with E-state index in [0.29, 0.717) is 23.7 Å². The highest BCUT2D eigenvalue weighted by Crippen LogP contribution is 2.24. The Morgan fingerprint density at radius 1 is 1.41 bits per heavy atom. The predicted molar refractivity (Wildman–Crippen MR) is 64.9 cm³/mol. The van der Waals surface area contributed by atoms with Gasteiger partial charge in [0.1, 0.15) is 5.75 Å². The van der Waals surface area contributed by atoms with E-state index in [1.54, 1.807) is 18.2 Å². The van der Waals surface area contributed by atoms with E-state index < -0.39 is 0 Å². The van der Waals surface area contributed by atoms with E-state index in [1.807, 2.05) is 13.0 Å². The summed E-state index contributed by atoms with van der Waals surface area (Å²) in [4.78, 5) is 0. The Labute approximate surface area is 104 Å². The number of hydrogen-bond donors (Lipinski definition) is 2. The van der Waals surface area contributed by atoms with Gasteiger partial charge in [0, 0.05) is 23.2 Å².